The average molecular weight is 271 g/mol. The van der Waals surface area contributed by atoms with E-state index in [1.54, 1.807) is 0 Å². The van der Waals surface area contributed by atoms with Gasteiger partial charge in [-0.2, -0.15) is 5.26 Å². The van der Waals surface area contributed by atoms with Gasteiger partial charge in [0.2, 0.25) is 0 Å². The monoisotopic (exact) mass is 270 g/mol. The van der Waals surface area contributed by atoms with Crippen molar-refractivity contribution in [2.24, 2.45) is 0 Å². The molecule has 0 aliphatic rings. The van der Waals surface area contributed by atoms with Crippen LogP contribution in [0.1, 0.15) is 24.1 Å². The molecular formula is C16H15ClN2. The molecule has 3 heteroatoms. The second-order valence-electron chi connectivity index (χ2n) is 4.44. The minimum Gasteiger partial charge on any atom is -0.367 e. The molecule has 19 heavy (non-hydrogen) atoms. The molecule has 96 valence electrons. The number of rotatable bonds is 3. The Labute approximate surface area is 118 Å². The Morgan fingerprint density at radius 2 is 1.74 bits per heavy atom. The van der Waals surface area contributed by atoms with Crippen molar-refractivity contribution in [1.29, 1.82) is 5.26 Å². The first kappa shape index (κ1) is 13.5. The van der Waals surface area contributed by atoms with Gasteiger partial charge in [0.15, 0.2) is 0 Å². The van der Waals surface area contributed by atoms with Crippen LogP contribution >= 0.6 is 11.6 Å². The molecule has 0 aromatic heterocycles. The Morgan fingerprint density at radius 3 is 2.42 bits per heavy atom. The third-order valence-electron chi connectivity index (χ3n) is 3.34. The van der Waals surface area contributed by atoms with Crippen LogP contribution in [0, 0.1) is 11.3 Å². The summed E-state index contributed by atoms with van der Waals surface area (Å²) in [7, 11) is 1.98. The predicted molar refractivity (Wildman–Crippen MR) is 79.4 cm³/mol. The van der Waals surface area contributed by atoms with Crippen molar-refractivity contribution in [3.8, 4) is 6.07 Å². The number of hydrogen-bond acceptors (Lipinski definition) is 2. The van der Waals surface area contributed by atoms with Crippen LogP contribution in [0.5, 0.6) is 0 Å². The van der Waals surface area contributed by atoms with Gasteiger partial charge in [-0.05, 0) is 30.7 Å². The van der Waals surface area contributed by atoms with Gasteiger partial charge in [-0.15, -0.1) is 0 Å². The number of nitrogens with zero attached hydrogens (tertiary/aromatic N) is 2. The van der Waals surface area contributed by atoms with E-state index in [0.29, 0.717) is 5.56 Å². The van der Waals surface area contributed by atoms with Crippen molar-refractivity contribution in [3.05, 3.63) is 64.7 Å². The van der Waals surface area contributed by atoms with E-state index in [4.69, 9.17) is 11.6 Å². The zero-order chi connectivity index (χ0) is 13.8. The van der Waals surface area contributed by atoms with Crippen molar-refractivity contribution in [2.45, 2.75) is 13.0 Å². The van der Waals surface area contributed by atoms with Crippen molar-refractivity contribution in [1.82, 2.24) is 0 Å². The maximum absolute atomic E-state index is 9.17. The molecule has 0 aliphatic carbocycles. The van der Waals surface area contributed by atoms with Crippen LogP contribution in [0.15, 0.2) is 48.5 Å². The number of anilines is 1. The minimum atomic E-state index is 0.100. The maximum atomic E-state index is 9.17. The van der Waals surface area contributed by atoms with E-state index in [1.165, 1.54) is 0 Å². The summed E-state index contributed by atoms with van der Waals surface area (Å²) in [6, 6.07) is 17.7. The topological polar surface area (TPSA) is 27.0 Å². The highest BCUT2D eigenvalue weighted by molar-refractivity contribution is 6.31. The Kier molecular flexibility index (Phi) is 4.09. The fourth-order valence-corrected chi connectivity index (χ4v) is 2.40. The second kappa shape index (κ2) is 5.77. The standard InChI is InChI=1S/C16H15ClN2/c1-12(14-8-4-5-9-15(14)17)19(2)16-10-6-3-7-13(16)11-18/h3-10,12H,1-2H3. The molecule has 0 saturated heterocycles. The van der Waals surface area contributed by atoms with Gasteiger partial charge in [0.25, 0.3) is 0 Å². The second-order valence-corrected chi connectivity index (χ2v) is 4.84. The first-order chi connectivity index (χ1) is 9.15. The molecule has 0 saturated carbocycles. The van der Waals surface area contributed by atoms with Gasteiger partial charge in [0, 0.05) is 12.1 Å². The van der Waals surface area contributed by atoms with Crippen LogP contribution in [0.2, 0.25) is 5.02 Å². The summed E-state index contributed by atoms with van der Waals surface area (Å²) in [5, 5.41) is 9.92. The highest BCUT2D eigenvalue weighted by atomic mass is 35.5. The maximum Gasteiger partial charge on any atom is 0.101 e. The van der Waals surface area contributed by atoms with Crippen LogP contribution in [0.4, 0.5) is 5.69 Å². The number of para-hydroxylation sites is 1. The summed E-state index contributed by atoms with van der Waals surface area (Å²) in [5.41, 5.74) is 2.64. The zero-order valence-corrected chi connectivity index (χ0v) is 11.7. The van der Waals surface area contributed by atoms with Crippen molar-refractivity contribution >= 4 is 17.3 Å². The van der Waals surface area contributed by atoms with Gasteiger partial charge >= 0.3 is 0 Å². The van der Waals surface area contributed by atoms with E-state index in [-0.39, 0.29) is 6.04 Å². The van der Waals surface area contributed by atoms with Crippen LogP contribution in [-0.4, -0.2) is 7.05 Å². The first-order valence-electron chi connectivity index (χ1n) is 6.11. The van der Waals surface area contributed by atoms with E-state index in [2.05, 4.69) is 17.9 Å². The van der Waals surface area contributed by atoms with Crippen molar-refractivity contribution < 1.29 is 0 Å². The summed E-state index contributed by atoms with van der Waals surface area (Å²) >= 11 is 6.23. The summed E-state index contributed by atoms with van der Waals surface area (Å²) in [6.45, 7) is 2.08. The average Bonchev–Trinajstić information content (AvgIpc) is 2.46. The quantitative estimate of drug-likeness (QED) is 0.826. The van der Waals surface area contributed by atoms with Gasteiger partial charge in [0.1, 0.15) is 6.07 Å². The third-order valence-corrected chi connectivity index (χ3v) is 3.68. The third kappa shape index (κ3) is 2.72. The van der Waals surface area contributed by atoms with E-state index >= 15 is 0 Å². The van der Waals surface area contributed by atoms with Gasteiger partial charge < -0.3 is 4.90 Å². The number of nitriles is 1. The Hall–Kier alpha value is -1.98. The summed E-state index contributed by atoms with van der Waals surface area (Å²) in [5.74, 6) is 0. The Bertz CT molecular complexity index is 616. The predicted octanol–water partition coefficient (Wildman–Crippen LogP) is 4.41. The summed E-state index contributed by atoms with van der Waals surface area (Å²) in [4.78, 5) is 2.07. The highest BCUT2D eigenvalue weighted by Gasteiger charge is 2.16. The molecule has 0 spiro atoms. The lowest BCUT2D eigenvalue weighted by molar-refractivity contribution is 0.739. The van der Waals surface area contributed by atoms with Gasteiger partial charge in [0.05, 0.1) is 17.3 Å². The molecule has 0 N–H and O–H groups in total. The van der Waals surface area contributed by atoms with Gasteiger partial charge in [-0.25, -0.2) is 0 Å². The van der Waals surface area contributed by atoms with Crippen LogP contribution in [0.25, 0.3) is 0 Å². The summed E-state index contributed by atoms with van der Waals surface area (Å²) in [6.07, 6.45) is 0. The normalized spacial score (nSPS) is 11.7. The lowest BCUT2D eigenvalue weighted by Gasteiger charge is -2.28. The van der Waals surface area contributed by atoms with Crippen LogP contribution < -0.4 is 4.90 Å². The minimum absolute atomic E-state index is 0.100. The molecule has 2 rings (SSSR count). The first-order valence-corrected chi connectivity index (χ1v) is 6.49. The largest absolute Gasteiger partial charge is 0.367 e. The highest BCUT2D eigenvalue weighted by Crippen LogP contribution is 2.31. The molecule has 0 aliphatic heterocycles. The Morgan fingerprint density at radius 1 is 1.11 bits per heavy atom. The molecular weight excluding hydrogens is 256 g/mol. The molecule has 0 radical (unpaired) electrons. The van der Waals surface area contributed by atoms with Crippen LogP contribution in [-0.2, 0) is 0 Å². The van der Waals surface area contributed by atoms with Crippen molar-refractivity contribution in [3.63, 3.8) is 0 Å². The molecule has 0 heterocycles. The van der Waals surface area contributed by atoms with Gasteiger partial charge in [-0.1, -0.05) is 41.9 Å². The van der Waals surface area contributed by atoms with E-state index in [1.807, 2.05) is 55.6 Å². The van der Waals surface area contributed by atoms with E-state index in [0.717, 1.165) is 16.3 Å². The molecule has 1 unspecified atom stereocenters. The molecule has 0 amide bonds. The molecule has 0 bridgehead atoms. The lowest BCUT2D eigenvalue weighted by atomic mass is 10.1. The molecule has 2 aromatic carbocycles. The van der Waals surface area contributed by atoms with E-state index < -0.39 is 0 Å². The smallest absolute Gasteiger partial charge is 0.101 e. The number of benzene rings is 2. The SMILES string of the molecule is CC(c1ccccc1Cl)N(C)c1ccccc1C#N. The van der Waals surface area contributed by atoms with E-state index in [9.17, 15) is 5.26 Å². The number of hydrogen-bond donors (Lipinski definition) is 0. The van der Waals surface area contributed by atoms with Crippen molar-refractivity contribution in [2.75, 3.05) is 11.9 Å². The Balaban J connectivity index is 2.37. The zero-order valence-electron chi connectivity index (χ0n) is 11.0. The fraction of sp³-hybridized carbons (Fsp3) is 0.188. The van der Waals surface area contributed by atoms with Gasteiger partial charge in [-0.3, -0.25) is 0 Å². The lowest BCUT2D eigenvalue weighted by Crippen LogP contribution is -2.22. The molecule has 1 atom stereocenters. The summed E-state index contributed by atoms with van der Waals surface area (Å²) < 4.78 is 0. The molecule has 2 aromatic rings. The number of halogens is 1. The fourth-order valence-electron chi connectivity index (χ4n) is 2.11. The molecule has 0 fully saturated rings. The van der Waals surface area contributed by atoms with Crippen LogP contribution in [0.3, 0.4) is 0 Å². The molecule has 2 nitrogen and oxygen atoms in total.